The topological polar surface area (TPSA) is 75.7 Å². The Hall–Kier alpha value is -1.93. The Bertz CT molecular complexity index is 865. The van der Waals surface area contributed by atoms with Crippen molar-refractivity contribution in [2.45, 2.75) is 4.90 Å². The molecule has 0 aliphatic carbocycles. The zero-order valence-corrected chi connectivity index (χ0v) is 14.9. The van der Waals surface area contributed by atoms with Gasteiger partial charge >= 0.3 is 0 Å². The predicted molar refractivity (Wildman–Crippen MR) is 95.4 cm³/mol. The summed E-state index contributed by atoms with van der Waals surface area (Å²) in [6.45, 7) is 1.34. The second-order valence-electron chi connectivity index (χ2n) is 5.48. The third-order valence-electron chi connectivity index (χ3n) is 3.83. The number of ether oxygens (including phenoxy) is 1. The lowest BCUT2D eigenvalue weighted by molar-refractivity contribution is 0.0730. The molecular weight excluding hydrogens is 364 g/mol. The number of nitrogens with zero attached hydrogens (tertiary/aromatic N) is 1. The first-order valence-corrected chi connectivity index (χ1v) is 9.54. The van der Waals surface area contributed by atoms with Crippen LogP contribution >= 0.6 is 11.6 Å². The predicted octanol–water partition coefficient (Wildman–Crippen LogP) is 2.61. The summed E-state index contributed by atoms with van der Waals surface area (Å²) in [5.74, 6) is -0.358. The second-order valence-corrected chi connectivity index (χ2v) is 7.82. The van der Waals surface area contributed by atoms with Crippen LogP contribution in [0.25, 0.3) is 0 Å². The van der Waals surface area contributed by atoms with Gasteiger partial charge < -0.3 is 10.1 Å². The maximum atomic E-state index is 12.7. The fraction of sp³-hybridized carbons (Fsp3) is 0.235. The second kappa shape index (κ2) is 7.53. The number of carbonyl (C=O) groups is 1. The highest BCUT2D eigenvalue weighted by Gasteiger charge is 2.27. The number of carbonyl (C=O) groups excluding carboxylic acids is 1. The molecule has 3 rings (SSSR count). The molecule has 1 heterocycles. The summed E-state index contributed by atoms with van der Waals surface area (Å²) in [7, 11) is -3.66. The summed E-state index contributed by atoms with van der Waals surface area (Å²) in [4.78, 5) is 12.4. The molecule has 0 atom stereocenters. The number of hydrogen-bond donors (Lipinski definition) is 1. The van der Waals surface area contributed by atoms with E-state index >= 15 is 0 Å². The molecule has 25 heavy (non-hydrogen) atoms. The van der Waals surface area contributed by atoms with Crippen LogP contribution in [0.15, 0.2) is 53.4 Å². The van der Waals surface area contributed by atoms with Gasteiger partial charge in [0.15, 0.2) is 0 Å². The molecule has 1 aliphatic heterocycles. The molecule has 0 bridgehead atoms. The molecular formula is C17H17ClN2O4S. The monoisotopic (exact) mass is 380 g/mol. The Kier molecular flexibility index (Phi) is 5.39. The summed E-state index contributed by atoms with van der Waals surface area (Å²) >= 11 is 6.12. The quantitative estimate of drug-likeness (QED) is 0.884. The van der Waals surface area contributed by atoms with Crippen LogP contribution in [0.5, 0.6) is 0 Å². The van der Waals surface area contributed by atoms with E-state index in [1.807, 2.05) is 0 Å². The molecule has 0 aromatic heterocycles. The average molecular weight is 381 g/mol. The smallest absolute Gasteiger partial charge is 0.255 e. The first-order chi connectivity index (χ1) is 12.0. The van der Waals surface area contributed by atoms with Crippen molar-refractivity contribution in [1.29, 1.82) is 0 Å². The molecule has 1 amide bonds. The van der Waals surface area contributed by atoms with Crippen molar-refractivity contribution in [2.75, 3.05) is 31.6 Å². The highest BCUT2D eigenvalue weighted by atomic mass is 35.5. The van der Waals surface area contributed by atoms with E-state index in [-0.39, 0.29) is 21.5 Å². The van der Waals surface area contributed by atoms with E-state index in [1.165, 1.54) is 22.5 Å². The minimum Gasteiger partial charge on any atom is -0.379 e. The van der Waals surface area contributed by atoms with Crippen LogP contribution in [0.3, 0.4) is 0 Å². The van der Waals surface area contributed by atoms with Crippen molar-refractivity contribution in [3.05, 3.63) is 59.1 Å². The molecule has 2 aromatic rings. The average Bonchev–Trinajstić information content (AvgIpc) is 2.64. The first-order valence-electron chi connectivity index (χ1n) is 7.72. The van der Waals surface area contributed by atoms with Crippen molar-refractivity contribution in [1.82, 2.24) is 4.31 Å². The van der Waals surface area contributed by atoms with E-state index in [9.17, 15) is 13.2 Å². The number of morpholine rings is 1. The third-order valence-corrected chi connectivity index (χ3v) is 6.05. The zero-order valence-electron chi connectivity index (χ0n) is 13.3. The molecule has 1 fully saturated rings. The fourth-order valence-electron chi connectivity index (χ4n) is 2.48. The highest BCUT2D eigenvalue weighted by molar-refractivity contribution is 7.89. The summed E-state index contributed by atoms with van der Waals surface area (Å²) < 4.78 is 32.0. The van der Waals surface area contributed by atoms with Gasteiger partial charge in [-0.15, -0.1) is 0 Å². The molecule has 0 radical (unpaired) electrons. The molecule has 1 aliphatic rings. The third kappa shape index (κ3) is 4.01. The van der Waals surface area contributed by atoms with E-state index in [0.717, 1.165) is 0 Å². The van der Waals surface area contributed by atoms with Crippen LogP contribution in [0, 0.1) is 0 Å². The van der Waals surface area contributed by atoms with E-state index in [0.29, 0.717) is 31.9 Å². The van der Waals surface area contributed by atoms with E-state index in [4.69, 9.17) is 16.3 Å². The van der Waals surface area contributed by atoms with Crippen molar-refractivity contribution in [2.24, 2.45) is 0 Å². The Morgan fingerprint density at radius 1 is 1.08 bits per heavy atom. The van der Waals surface area contributed by atoms with Crippen LogP contribution in [0.4, 0.5) is 5.69 Å². The lowest BCUT2D eigenvalue weighted by Crippen LogP contribution is -2.40. The Labute approximate surface area is 151 Å². The number of anilines is 1. The first kappa shape index (κ1) is 17.9. The van der Waals surface area contributed by atoms with Crippen LogP contribution < -0.4 is 5.32 Å². The molecule has 0 saturated carbocycles. The summed E-state index contributed by atoms with van der Waals surface area (Å²) in [6, 6.07) is 12.9. The Morgan fingerprint density at radius 3 is 2.44 bits per heavy atom. The number of benzene rings is 2. The van der Waals surface area contributed by atoms with Crippen LogP contribution in [0.1, 0.15) is 10.4 Å². The lowest BCUT2D eigenvalue weighted by atomic mass is 10.2. The standard InChI is InChI=1S/C17H17ClN2O4S/c18-15-7-6-14(25(22,23)20-8-10-24-11-9-20)12-16(15)19-17(21)13-4-2-1-3-5-13/h1-7,12H,8-11H2,(H,19,21). The van der Waals surface area contributed by atoms with Crippen molar-refractivity contribution >= 4 is 33.2 Å². The lowest BCUT2D eigenvalue weighted by Gasteiger charge is -2.26. The van der Waals surface area contributed by atoms with Crippen molar-refractivity contribution in [3.63, 3.8) is 0 Å². The van der Waals surface area contributed by atoms with E-state index in [2.05, 4.69) is 5.32 Å². The SMILES string of the molecule is O=C(Nc1cc(S(=O)(=O)N2CCOCC2)ccc1Cl)c1ccccc1. The number of amides is 1. The Morgan fingerprint density at radius 2 is 1.76 bits per heavy atom. The number of halogens is 1. The summed E-state index contributed by atoms with van der Waals surface area (Å²) in [6.07, 6.45) is 0. The maximum Gasteiger partial charge on any atom is 0.255 e. The molecule has 0 unspecified atom stereocenters. The molecule has 6 nitrogen and oxygen atoms in total. The summed E-state index contributed by atoms with van der Waals surface area (Å²) in [5.41, 5.74) is 0.713. The molecule has 8 heteroatoms. The van der Waals surface area contributed by atoms with Gasteiger partial charge in [-0.05, 0) is 30.3 Å². The minimum absolute atomic E-state index is 0.0853. The van der Waals surface area contributed by atoms with E-state index < -0.39 is 10.0 Å². The number of rotatable bonds is 4. The Balaban J connectivity index is 1.86. The van der Waals surface area contributed by atoms with Crippen molar-refractivity contribution < 1.29 is 17.9 Å². The van der Waals surface area contributed by atoms with Crippen molar-refractivity contribution in [3.8, 4) is 0 Å². The van der Waals surface area contributed by atoms with Gasteiger partial charge in [0.25, 0.3) is 5.91 Å². The molecule has 132 valence electrons. The van der Waals surface area contributed by atoms with Gasteiger partial charge in [-0.2, -0.15) is 4.31 Å². The number of sulfonamides is 1. The molecule has 1 N–H and O–H groups in total. The normalized spacial score (nSPS) is 15.7. The molecule has 2 aromatic carbocycles. The highest BCUT2D eigenvalue weighted by Crippen LogP contribution is 2.27. The van der Waals surface area contributed by atoms with Gasteiger partial charge in [-0.1, -0.05) is 29.8 Å². The van der Waals surface area contributed by atoms with Gasteiger partial charge in [-0.25, -0.2) is 8.42 Å². The van der Waals surface area contributed by atoms with Crippen LogP contribution in [-0.2, 0) is 14.8 Å². The fourth-order valence-corrected chi connectivity index (χ4v) is 4.08. The van der Waals surface area contributed by atoms with Gasteiger partial charge in [0.2, 0.25) is 10.0 Å². The van der Waals surface area contributed by atoms with Gasteiger partial charge in [-0.3, -0.25) is 4.79 Å². The zero-order chi connectivity index (χ0) is 17.9. The van der Waals surface area contributed by atoms with Gasteiger partial charge in [0.1, 0.15) is 0 Å². The summed E-state index contributed by atoms with van der Waals surface area (Å²) in [5, 5.41) is 2.93. The van der Waals surface area contributed by atoms with E-state index in [1.54, 1.807) is 30.3 Å². The maximum absolute atomic E-state index is 12.7. The number of nitrogens with one attached hydrogen (secondary N) is 1. The molecule has 1 saturated heterocycles. The van der Waals surface area contributed by atoms with Gasteiger partial charge in [0.05, 0.1) is 28.8 Å². The largest absolute Gasteiger partial charge is 0.379 e. The minimum atomic E-state index is -3.66. The molecule has 0 spiro atoms. The van der Waals surface area contributed by atoms with Crippen LogP contribution in [0.2, 0.25) is 5.02 Å². The van der Waals surface area contributed by atoms with Crippen LogP contribution in [-0.4, -0.2) is 44.9 Å². The number of hydrogen-bond acceptors (Lipinski definition) is 4. The van der Waals surface area contributed by atoms with Gasteiger partial charge in [0, 0.05) is 18.7 Å².